The normalized spacial score (nSPS) is 9.44. The van der Waals surface area contributed by atoms with E-state index in [1.54, 1.807) is 17.5 Å². The average Bonchev–Trinajstić information content (AvgIpc) is 2.83. The fourth-order valence-electron chi connectivity index (χ4n) is 1.28. The summed E-state index contributed by atoms with van der Waals surface area (Å²) in [5.41, 5.74) is 2.13. The molecule has 1 aromatic carbocycles. The molecule has 3 heteroatoms. The van der Waals surface area contributed by atoms with Gasteiger partial charge in [-0.05, 0) is 29.6 Å². The maximum atomic E-state index is 11.7. The highest BCUT2D eigenvalue weighted by atomic mass is 32.1. The fourth-order valence-corrected chi connectivity index (χ4v) is 1.92. The summed E-state index contributed by atoms with van der Waals surface area (Å²) in [5.74, 6) is 2.41. The van der Waals surface area contributed by atoms with E-state index < -0.39 is 0 Å². The summed E-state index contributed by atoms with van der Waals surface area (Å²) < 4.78 is 0. The van der Waals surface area contributed by atoms with Gasteiger partial charge in [0.1, 0.15) is 0 Å². The van der Waals surface area contributed by atoms with Crippen LogP contribution in [0.1, 0.15) is 15.9 Å². The molecule has 1 N–H and O–H groups in total. The third-order valence-corrected chi connectivity index (χ3v) is 2.75. The molecule has 0 radical (unpaired) electrons. The molecule has 0 saturated carbocycles. The lowest BCUT2D eigenvalue weighted by Gasteiger charge is -2.03. The number of amides is 1. The van der Waals surface area contributed by atoms with Crippen LogP contribution >= 0.6 is 11.3 Å². The van der Waals surface area contributed by atoms with Crippen LogP contribution in [0.25, 0.3) is 0 Å². The first-order valence-electron chi connectivity index (χ1n) is 4.70. The Morgan fingerprint density at radius 1 is 1.38 bits per heavy atom. The molecule has 0 unspecified atom stereocenters. The molecule has 0 spiro atoms. The molecule has 0 saturated heterocycles. The second-order valence-electron chi connectivity index (χ2n) is 3.19. The van der Waals surface area contributed by atoms with Gasteiger partial charge in [-0.15, -0.1) is 6.42 Å². The van der Waals surface area contributed by atoms with E-state index in [1.807, 2.05) is 23.6 Å². The SMILES string of the molecule is C#Cc1cccc(NC(=O)c2ccsc2)c1. The summed E-state index contributed by atoms with van der Waals surface area (Å²) in [6, 6.07) is 9.00. The van der Waals surface area contributed by atoms with Gasteiger partial charge in [-0.3, -0.25) is 4.79 Å². The van der Waals surface area contributed by atoms with Crippen LogP contribution in [0.3, 0.4) is 0 Å². The van der Waals surface area contributed by atoms with E-state index in [1.165, 1.54) is 11.3 Å². The zero-order valence-corrected chi connectivity index (χ0v) is 9.25. The number of carbonyl (C=O) groups is 1. The Kier molecular flexibility index (Phi) is 3.04. The second kappa shape index (κ2) is 4.65. The van der Waals surface area contributed by atoms with Crippen molar-refractivity contribution in [2.45, 2.75) is 0 Å². The summed E-state index contributed by atoms with van der Waals surface area (Å²) in [7, 11) is 0. The predicted octanol–water partition coefficient (Wildman–Crippen LogP) is 2.98. The van der Waals surface area contributed by atoms with Crippen LogP contribution in [0.2, 0.25) is 0 Å². The van der Waals surface area contributed by atoms with Crippen LogP contribution in [0, 0.1) is 12.3 Å². The van der Waals surface area contributed by atoms with Gasteiger partial charge in [0.05, 0.1) is 5.56 Å². The molecule has 0 fully saturated rings. The van der Waals surface area contributed by atoms with Gasteiger partial charge in [0.15, 0.2) is 0 Å². The van der Waals surface area contributed by atoms with E-state index in [4.69, 9.17) is 6.42 Å². The number of carbonyl (C=O) groups excluding carboxylic acids is 1. The fraction of sp³-hybridized carbons (Fsp3) is 0. The highest BCUT2D eigenvalue weighted by molar-refractivity contribution is 7.08. The van der Waals surface area contributed by atoms with Gasteiger partial charge in [0.2, 0.25) is 0 Å². The first-order chi connectivity index (χ1) is 7.79. The molecule has 0 atom stereocenters. The van der Waals surface area contributed by atoms with Crippen LogP contribution < -0.4 is 5.32 Å². The highest BCUT2D eigenvalue weighted by Gasteiger charge is 2.05. The summed E-state index contributed by atoms with van der Waals surface area (Å²) >= 11 is 1.49. The Bertz CT molecular complexity index is 537. The standard InChI is InChI=1S/C13H9NOS/c1-2-10-4-3-5-12(8-10)14-13(15)11-6-7-16-9-11/h1,3-9H,(H,14,15). The topological polar surface area (TPSA) is 29.1 Å². The van der Waals surface area contributed by atoms with Crippen molar-refractivity contribution >= 4 is 22.9 Å². The van der Waals surface area contributed by atoms with Crippen molar-refractivity contribution in [2.75, 3.05) is 5.32 Å². The van der Waals surface area contributed by atoms with E-state index in [9.17, 15) is 4.79 Å². The Balaban J connectivity index is 2.16. The van der Waals surface area contributed by atoms with Crippen molar-refractivity contribution in [2.24, 2.45) is 0 Å². The minimum absolute atomic E-state index is 0.115. The molecule has 2 nitrogen and oxygen atoms in total. The van der Waals surface area contributed by atoms with E-state index in [2.05, 4.69) is 11.2 Å². The van der Waals surface area contributed by atoms with E-state index in [0.29, 0.717) is 11.3 Å². The first kappa shape index (κ1) is 10.5. The lowest BCUT2D eigenvalue weighted by Crippen LogP contribution is -2.10. The van der Waals surface area contributed by atoms with Crippen molar-refractivity contribution in [3.8, 4) is 12.3 Å². The number of terminal acetylenes is 1. The predicted molar refractivity (Wildman–Crippen MR) is 66.6 cm³/mol. The van der Waals surface area contributed by atoms with Gasteiger partial charge in [-0.25, -0.2) is 0 Å². The number of benzene rings is 1. The number of anilines is 1. The van der Waals surface area contributed by atoms with Gasteiger partial charge >= 0.3 is 0 Å². The number of rotatable bonds is 2. The molecule has 0 aliphatic carbocycles. The summed E-state index contributed by atoms with van der Waals surface area (Å²) in [4.78, 5) is 11.7. The molecule has 1 aromatic heterocycles. The Morgan fingerprint density at radius 3 is 2.94 bits per heavy atom. The molecule has 0 bridgehead atoms. The van der Waals surface area contributed by atoms with Crippen molar-refractivity contribution < 1.29 is 4.79 Å². The molecule has 16 heavy (non-hydrogen) atoms. The third-order valence-electron chi connectivity index (χ3n) is 2.07. The number of hydrogen-bond acceptors (Lipinski definition) is 2. The lowest BCUT2D eigenvalue weighted by atomic mass is 10.2. The zero-order valence-electron chi connectivity index (χ0n) is 8.44. The van der Waals surface area contributed by atoms with Crippen LogP contribution in [-0.2, 0) is 0 Å². The summed E-state index contributed by atoms with van der Waals surface area (Å²) in [6.07, 6.45) is 5.28. The van der Waals surface area contributed by atoms with E-state index in [-0.39, 0.29) is 5.91 Å². The average molecular weight is 227 g/mol. The molecule has 1 amide bonds. The Morgan fingerprint density at radius 2 is 2.25 bits per heavy atom. The smallest absolute Gasteiger partial charge is 0.256 e. The monoisotopic (exact) mass is 227 g/mol. The zero-order chi connectivity index (χ0) is 11.4. The Labute approximate surface area is 97.9 Å². The summed E-state index contributed by atoms with van der Waals surface area (Å²) in [6.45, 7) is 0. The maximum Gasteiger partial charge on any atom is 0.256 e. The van der Waals surface area contributed by atoms with Crippen LogP contribution in [0.4, 0.5) is 5.69 Å². The first-order valence-corrected chi connectivity index (χ1v) is 5.64. The number of hydrogen-bond donors (Lipinski definition) is 1. The van der Waals surface area contributed by atoms with Gasteiger partial charge in [-0.2, -0.15) is 11.3 Å². The number of nitrogens with one attached hydrogen (secondary N) is 1. The quantitative estimate of drug-likeness (QED) is 0.785. The minimum atomic E-state index is -0.115. The van der Waals surface area contributed by atoms with Gasteiger partial charge in [-0.1, -0.05) is 12.0 Å². The van der Waals surface area contributed by atoms with Crippen LogP contribution in [0.5, 0.6) is 0 Å². The van der Waals surface area contributed by atoms with E-state index in [0.717, 1.165) is 5.56 Å². The van der Waals surface area contributed by atoms with Gasteiger partial charge < -0.3 is 5.32 Å². The maximum absolute atomic E-state index is 11.7. The lowest BCUT2D eigenvalue weighted by molar-refractivity contribution is 0.102. The van der Waals surface area contributed by atoms with Crippen molar-refractivity contribution in [1.82, 2.24) is 0 Å². The molecule has 0 aliphatic rings. The highest BCUT2D eigenvalue weighted by Crippen LogP contribution is 2.13. The number of thiophene rings is 1. The van der Waals surface area contributed by atoms with Crippen LogP contribution in [-0.4, -0.2) is 5.91 Å². The van der Waals surface area contributed by atoms with E-state index >= 15 is 0 Å². The third kappa shape index (κ3) is 2.30. The molecule has 2 rings (SSSR count). The Hall–Kier alpha value is -2.05. The minimum Gasteiger partial charge on any atom is -0.322 e. The van der Waals surface area contributed by atoms with Crippen molar-refractivity contribution in [3.05, 3.63) is 52.2 Å². The van der Waals surface area contributed by atoms with Gasteiger partial charge in [0.25, 0.3) is 5.91 Å². The molecule has 2 aromatic rings. The van der Waals surface area contributed by atoms with Gasteiger partial charge in [0, 0.05) is 16.6 Å². The van der Waals surface area contributed by atoms with Crippen molar-refractivity contribution in [3.63, 3.8) is 0 Å². The molecule has 1 heterocycles. The van der Waals surface area contributed by atoms with Crippen molar-refractivity contribution in [1.29, 1.82) is 0 Å². The second-order valence-corrected chi connectivity index (χ2v) is 3.97. The molecule has 78 valence electrons. The van der Waals surface area contributed by atoms with Crippen LogP contribution in [0.15, 0.2) is 41.1 Å². The largest absolute Gasteiger partial charge is 0.322 e. The molecular formula is C13H9NOS. The molecular weight excluding hydrogens is 218 g/mol. The molecule has 0 aliphatic heterocycles. The summed E-state index contributed by atoms with van der Waals surface area (Å²) in [5, 5.41) is 6.46.